The molecule has 0 unspecified atom stereocenters. The van der Waals surface area contributed by atoms with Crippen LogP contribution < -0.4 is 5.11 Å². The molecular weight excluding hydrogens is 388 g/mol. The van der Waals surface area contributed by atoms with Gasteiger partial charge in [0.2, 0.25) is 10.0 Å². The normalized spacial score (nSPS) is 16.2. The van der Waals surface area contributed by atoms with E-state index in [1.54, 1.807) is 6.07 Å². The maximum atomic E-state index is 13.0. The second-order valence-electron chi connectivity index (χ2n) is 7.47. The van der Waals surface area contributed by atoms with Crippen molar-refractivity contribution < 1.29 is 18.3 Å². The van der Waals surface area contributed by atoms with Gasteiger partial charge in [0, 0.05) is 29.6 Å². The van der Waals surface area contributed by atoms with Gasteiger partial charge in [0.15, 0.2) is 0 Å². The molecule has 0 atom stereocenters. The van der Waals surface area contributed by atoms with Crippen LogP contribution in [0.5, 0.6) is 0 Å². The SMILES string of the molecule is CC1CCN(S(=O)(=O)c2ccc3nc(-c4ccccc4)cc(C(=O)[O-])c3c2)CC1. The first-order chi connectivity index (χ1) is 13.9. The van der Waals surface area contributed by atoms with Gasteiger partial charge < -0.3 is 9.90 Å². The van der Waals surface area contributed by atoms with E-state index in [-0.39, 0.29) is 15.8 Å². The Balaban J connectivity index is 1.81. The third-order valence-corrected chi connectivity index (χ3v) is 7.34. The van der Waals surface area contributed by atoms with Gasteiger partial charge in [-0.15, -0.1) is 0 Å². The number of piperidine rings is 1. The van der Waals surface area contributed by atoms with Crippen LogP contribution in [0.4, 0.5) is 0 Å². The second kappa shape index (κ2) is 7.57. The molecule has 0 saturated carbocycles. The first kappa shape index (κ1) is 19.5. The van der Waals surface area contributed by atoms with Gasteiger partial charge in [0.05, 0.1) is 22.1 Å². The third-order valence-electron chi connectivity index (χ3n) is 5.45. The lowest BCUT2D eigenvalue weighted by atomic mass is 10.0. The fourth-order valence-electron chi connectivity index (χ4n) is 3.67. The molecule has 150 valence electrons. The van der Waals surface area contributed by atoms with E-state index in [0.29, 0.717) is 30.2 Å². The molecule has 0 radical (unpaired) electrons. The summed E-state index contributed by atoms with van der Waals surface area (Å²) in [7, 11) is -3.69. The number of aromatic nitrogens is 1. The Bertz CT molecular complexity index is 1170. The standard InChI is InChI=1S/C22H22N2O4S/c1-15-9-11-24(12-10-15)29(27,28)17-7-8-20-18(13-17)19(22(25)26)14-21(23-20)16-5-3-2-4-6-16/h2-8,13-15H,9-12H2,1H3,(H,25,26)/p-1. The summed E-state index contributed by atoms with van der Waals surface area (Å²) in [6, 6.07) is 15.1. The van der Waals surface area contributed by atoms with Crippen molar-refractivity contribution in [2.24, 2.45) is 5.92 Å². The highest BCUT2D eigenvalue weighted by Crippen LogP contribution is 2.29. The molecule has 2 heterocycles. The van der Waals surface area contributed by atoms with E-state index in [2.05, 4.69) is 11.9 Å². The largest absolute Gasteiger partial charge is 0.545 e. The van der Waals surface area contributed by atoms with Crippen LogP contribution in [0.15, 0.2) is 59.5 Å². The van der Waals surface area contributed by atoms with Crippen LogP contribution in [-0.2, 0) is 10.0 Å². The smallest absolute Gasteiger partial charge is 0.243 e. The van der Waals surface area contributed by atoms with Crippen LogP contribution in [0.1, 0.15) is 30.1 Å². The average Bonchev–Trinajstić information content (AvgIpc) is 2.73. The van der Waals surface area contributed by atoms with Crippen molar-refractivity contribution in [1.82, 2.24) is 9.29 Å². The summed E-state index contributed by atoms with van der Waals surface area (Å²) in [6.07, 6.45) is 1.64. The number of fused-ring (bicyclic) bond motifs is 1. The van der Waals surface area contributed by atoms with Crippen molar-refractivity contribution in [3.63, 3.8) is 0 Å². The van der Waals surface area contributed by atoms with Gasteiger partial charge in [0.25, 0.3) is 0 Å². The molecule has 0 amide bonds. The van der Waals surface area contributed by atoms with Gasteiger partial charge in [0.1, 0.15) is 0 Å². The summed E-state index contributed by atoms with van der Waals surface area (Å²) in [4.78, 5) is 16.4. The van der Waals surface area contributed by atoms with E-state index in [4.69, 9.17) is 0 Å². The number of pyridine rings is 1. The molecule has 3 aromatic rings. The molecule has 0 aliphatic carbocycles. The first-order valence-electron chi connectivity index (χ1n) is 9.58. The van der Waals surface area contributed by atoms with Crippen LogP contribution in [0.2, 0.25) is 0 Å². The van der Waals surface area contributed by atoms with E-state index in [9.17, 15) is 18.3 Å². The molecule has 4 rings (SSSR count). The summed E-state index contributed by atoms with van der Waals surface area (Å²) in [6.45, 7) is 3.06. The first-order valence-corrected chi connectivity index (χ1v) is 11.0. The Labute approximate surface area is 169 Å². The molecule has 2 aromatic carbocycles. The molecular formula is C22H21N2O4S-. The lowest BCUT2D eigenvalue weighted by Gasteiger charge is -2.29. The zero-order chi connectivity index (χ0) is 20.6. The summed E-state index contributed by atoms with van der Waals surface area (Å²) in [5.74, 6) is -0.862. The van der Waals surface area contributed by atoms with Crippen LogP contribution in [0, 0.1) is 5.92 Å². The van der Waals surface area contributed by atoms with Gasteiger partial charge in [-0.25, -0.2) is 13.4 Å². The number of sulfonamides is 1. The minimum Gasteiger partial charge on any atom is -0.545 e. The van der Waals surface area contributed by atoms with Gasteiger partial charge in [-0.1, -0.05) is 37.3 Å². The molecule has 1 aliphatic rings. The highest BCUT2D eigenvalue weighted by molar-refractivity contribution is 7.89. The van der Waals surface area contributed by atoms with Crippen molar-refractivity contribution >= 4 is 26.9 Å². The third kappa shape index (κ3) is 3.75. The second-order valence-corrected chi connectivity index (χ2v) is 9.41. The summed E-state index contributed by atoms with van der Waals surface area (Å²) >= 11 is 0. The molecule has 1 saturated heterocycles. The lowest BCUT2D eigenvalue weighted by Crippen LogP contribution is -2.37. The molecule has 6 nitrogen and oxygen atoms in total. The highest BCUT2D eigenvalue weighted by Gasteiger charge is 2.28. The molecule has 7 heteroatoms. The number of hydrogen-bond donors (Lipinski definition) is 0. The number of carboxylic acids is 1. The van der Waals surface area contributed by atoms with Crippen molar-refractivity contribution in [1.29, 1.82) is 0 Å². The maximum absolute atomic E-state index is 13.0. The number of benzene rings is 2. The van der Waals surface area contributed by atoms with E-state index < -0.39 is 16.0 Å². The molecule has 0 bridgehead atoms. The molecule has 0 spiro atoms. The molecule has 29 heavy (non-hydrogen) atoms. The van der Waals surface area contributed by atoms with E-state index in [1.807, 2.05) is 30.3 Å². The Morgan fingerprint density at radius 1 is 1.07 bits per heavy atom. The van der Waals surface area contributed by atoms with Crippen LogP contribution in [0.3, 0.4) is 0 Å². The molecule has 1 aliphatic heterocycles. The zero-order valence-electron chi connectivity index (χ0n) is 16.0. The minimum atomic E-state index is -3.69. The Hall–Kier alpha value is -2.77. The van der Waals surface area contributed by atoms with Crippen molar-refractivity contribution in [2.45, 2.75) is 24.7 Å². The number of carbonyl (C=O) groups excluding carboxylic acids is 1. The molecule has 1 fully saturated rings. The van der Waals surface area contributed by atoms with Crippen LogP contribution in [0.25, 0.3) is 22.2 Å². The predicted molar refractivity (Wildman–Crippen MR) is 109 cm³/mol. The van der Waals surface area contributed by atoms with Crippen molar-refractivity contribution in [3.05, 3.63) is 60.2 Å². The summed E-state index contributed by atoms with van der Waals surface area (Å²) in [5, 5.41) is 12.1. The Morgan fingerprint density at radius 3 is 2.41 bits per heavy atom. The van der Waals surface area contributed by atoms with Gasteiger partial charge in [-0.2, -0.15) is 4.31 Å². The van der Waals surface area contributed by atoms with Crippen LogP contribution >= 0.6 is 0 Å². The highest BCUT2D eigenvalue weighted by atomic mass is 32.2. The summed E-state index contributed by atoms with van der Waals surface area (Å²) < 4.78 is 27.6. The van der Waals surface area contributed by atoms with Gasteiger partial charge >= 0.3 is 0 Å². The van der Waals surface area contributed by atoms with Crippen LogP contribution in [-0.4, -0.2) is 36.8 Å². The van der Waals surface area contributed by atoms with E-state index in [1.165, 1.54) is 22.5 Å². The van der Waals surface area contributed by atoms with E-state index >= 15 is 0 Å². The molecule has 1 aromatic heterocycles. The van der Waals surface area contributed by atoms with Crippen molar-refractivity contribution in [3.8, 4) is 11.3 Å². The summed E-state index contributed by atoms with van der Waals surface area (Å²) in [5.41, 5.74) is 1.61. The molecule has 0 N–H and O–H groups in total. The minimum absolute atomic E-state index is 0.0711. The van der Waals surface area contributed by atoms with Gasteiger partial charge in [-0.3, -0.25) is 0 Å². The average molecular weight is 409 g/mol. The number of carbonyl (C=O) groups is 1. The Kier molecular flexibility index (Phi) is 5.10. The maximum Gasteiger partial charge on any atom is 0.243 e. The number of carboxylic acid groups (broad SMARTS) is 1. The van der Waals surface area contributed by atoms with Crippen molar-refractivity contribution in [2.75, 3.05) is 13.1 Å². The Morgan fingerprint density at radius 2 is 1.76 bits per heavy atom. The quantitative estimate of drug-likeness (QED) is 0.661. The zero-order valence-corrected chi connectivity index (χ0v) is 16.9. The fraction of sp³-hybridized carbons (Fsp3) is 0.273. The van der Waals surface area contributed by atoms with E-state index in [0.717, 1.165) is 18.4 Å². The number of hydrogen-bond acceptors (Lipinski definition) is 5. The predicted octanol–water partition coefficient (Wildman–Crippen LogP) is 2.69. The fourth-order valence-corrected chi connectivity index (χ4v) is 5.16. The lowest BCUT2D eigenvalue weighted by molar-refractivity contribution is -0.254. The van der Waals surface area contributed by atoms with Gasteiger partial charge in [-0.05, 0) is 43.0 Å². The topological polar surface area (TPSA) is 90.4 Å². The number of aromatic carboxylic acids is 1. The monoisotopic (exact) mass is 409 g/mol. The number of nitrogens with zero attached hydrogens (tertiary/aromatic N) is 2. The number of rotatable bonds is 4.